The summed E-state index contributed by atoms with van der Waals surface area (Å²) in [6.07, 6.45) is 0.194. The predicted octanol–water partition coefficient (Wildman–Crippen LogP) is 1.21. The highest BCUT2D eigenvalue weighted by molar-refractivity contribution is 6.24. The first kappa shape index (κ1) is 28.2. The Morgan fingerprint density at radius 1 is 1.12 bits per heavy atom. The average Bonchev–Trinajstić information content (AvgIpc) is 3.39. The molecule has 1 aromatic heterocycles. The molecule has 1 fully saturated rings. The van der Waals surface area contributed by atoms with Crippen molar-refractivity contribution in [1.82, 2.24) is 9.80 Å². The van der Waals surface area contributed by atoms with Gasteiger partial charge in [0.25, 0.3) is 5.91 Å². The number of phenolic OH excluding ortho intramolecular Hbond substituents is 1. The minimum atomic E-state index is -2.67. The highest BCUT2D eigenvalue weighted by Gasteiger charge is 2.63. The lowest BCUT2D eigenvalue weighted by Gasteiger charge is -2.50. The zero-order valence-corrected chi connectivity index (χ0v) is 23.3. The number of amides is 1. The number of rotatable bonds is 5. The number of nitrogens with two attached hydrogens (primary N) is 1. The second-order valence-corrected chi connectivity index (χ2v) is 11.6. The van der Waals surface area contributed by atoms with E-state index in [0.717, 1.165) is 18.8 Å². The number of hydrogen-bond acceptors (Lipinski definition) is 11. The number of ketones is 2. The molecule has 0 unspecified atom stereocenters. The van der Waals surface area contributed by atoms with Crippen molar-refractivity contribution in [2.45, 2.75) is 31.0 Å². The third kappa shape index (κ3) is 4.09. The first-order valence-corrected chi connectivity index (χ1v) is 13.8. The van der Waals surface area contributed by atoms with E-state index in [1.54, 1.807) is 20.2 Å². The lowest BCUT2D eigenvalue weighted by atomic mass is 9.58. The number of furan rings is 1. The predicted molar refractivity (Wildman–Crippen MR) is 147 cm³/mol. The first-order valence-electron chi connectivity index (χ1n) is 13.8. The molecule has 42 heavy (non-hydrogen) atoms. The van der Waals surface area contributed by atoms with Crippen molar-refractivity contribution in [3.63, 3.8) is 0 Å². The maximum Gasteiger partial charge on any atom is 0.255 e. The van der Waals surface area contributed by atoms with Crippen LogP contribution in [0.1, 0.15) is 28.1 Å². The molecule has 6 N–H and O–H groups in total. The van der Waals surface area contributed by atoms with Crippen molar-refractivity contribution in [2.24, 2.45) is 17.6 Å². The smallest absolute Gasteiger partial charge is 0.255 e. The van der Waals surface area contributed by atoms with Crippen LogP contribution in [0.25, 0.3) is 11.3 Å². The van der Waals surface area contributed by atoms with Crippen LogP contribution >= 0.6 is 0 Å². The number of carbonyl (C=O) groups excluding carboxylic acids is 3. The Balaban J connectivity index is 1.43. The number of ether oxygens (including phenoxy) is 1. The number of carbonyl (C=O) groups is 3. The second-order valence-electron chi connectivity index (χ2n) is 11.6. The molecule has 12 nitrogen and oxygen atoms in total. The lowest BCUT2D eigenvalue weighted by Crippen LogP contribution is -2.63. The van der Waals surface area contributed by atoms with Crippen molar-refractivity contribution < 1.29 is 44.0 Å². The Morgan fingerprint density at radius 3 is 2.50 bits per heavy atom. The first-order chi connectivity index (χ1) is 19.9. The molecule has 0 bridgehead atoms. The number of aliphatic hydroxyl groups is 3. The van der Waals surface area contributed by atoms with Crippen LogP contribution in [0.5, 0.6) is 5.75 Å². The van der Waals surface area contributed by atoms with Crippen LogP contribution in [-0.2, 0) is 27.3 Å². The van der Waals surface area contributed by atoms with Crippen LogP contribution in [0, 0.1) is 11.8 Å². The number of fused-ring (bicyclic) bond motifs is 3. The molecule has 1 saturated heterocycles. The van der Waals surface area contributed by atoms with Gasteiger partial charge in [0.1, 0.15) is 34.4 Å². The summed E-state index contributed by atoms with van der Waals surface area (Å²) < 4.78 is 11.6. The Morgan fingerprint density at radius 2 is 1.83 bits per heavy atom. The molecule has 0 saturated carbocycles. The molecule has 0 radical (unpaired) electrons. The Kier molecular flexibility index (Phi) is 6.76. The number of phenols is 1. The summed E-state index contributed by atoms with van der Waals surface area (Å²) in [6.45, 7) is 3.47. The molecule has 1 aliphatic heterocycles. The van der Waals surface area contributed by atoms with Gasteiger partial charge in [-0.1, -0.05) is 0 Å². The normalized spacial score (nSPS) is 28.1. The van der Waals surface area contributed by atoms with E-state index < -0.39 is 58.0 Å². The van der Waals surface area contributed by atoms with Gasteiger partial charge in [0.15, 0.2) is 11.4 Å². The van der Waals surface area contributed by atoms with Crippen LogP contribution in [-0.4, -0.2) is 99.7 Å². The van der Waals surface area contributed by atoms with Crippen molar-refractivity contribution in [3.8, 4) is 17.1 Å². The molecule has 222 valence electrons. The summed E-state index contributed by atoms with van der Waals surface area (Å²) in [6, 6.07) is 5.67. The molecule has 2 heterocycles. The second kappa shape index (κ2) is 10.1. The van der Waals surface area contributed by atoms with E-state index in [-0.39, 0.29) is 29.7 Å². The number of aliphatic hydroxyl groups excluding tert-OH is 2. The summed E-state index contributed by atoms with van der Waals surface area (Å²) in [5.74, 6) is -5.58. The van der Waals surface area contributed by atoms with Crippen molar-refractivity contribution in [1.29, 1.82) is 0 Å². The average molecular weight is 580 g/mol. The highest BCUT2D eigenvalue weighted by Crippen LogP contribution is 2.53. The molecule has 6 rings (SSSR count). The van der Waals surface area contributed by atoms with Crippen LogP contribution in [0.2, 0.25) is 0 Å². The molecule has 0 spiro atoms. The molecular weight excluding hydrogens is 546 g/mol. The molecule has 4 atom stereocenters. The number of Topliss-reactive ketones (excluding diaryl/α,β-unsaturated/α-hetero) is 2. The molecule has 12 heteroatoms. The van der Waals surface area contributed by atoms with Gasteiger partial charge in [-0.05, 0) is 62.7 Å². The van der Waals surface area contributed by atoms with Gasteiger partial charge in [0, 0.05) is 30.1 Å². The van der Waals surface area contributed by atoms with Crippen molar-refractivity contribution in [2.75, 3.05) is 40.4 Å². The molecule has 1 amide bonds. The molecule has 4 aliphatic rings. The quantitative estimate of drug-likeness (QED) is 0.321. The summed E-state index contributed by atoms with van der Waals surface area (Å²) in [4.78, 5) is 43.2. The van der Waals surface area contributed by atoms with Gasteiger partial charge >= 0.3 is 0 Å². The minimum absolute atomic E-state index is 0.0152. The van der Waals surface area contributed by atoms with E-state index in [1.807, 2.05) is 12.1 Å². The van der Waals surface area contributed by atoms with Gasteiger partial charge in [0.2, 0.25) is 5.78 Å². The number of allylic oxidation sites excluding steroid dienone is 1. The summed E-state index contributed by atoms with van der Waals surface area (Å²) in [5, 5.41) is 44.9. The van der Waals surface area contributed by atoms with Crippen molar-refractivity contribution in [3.05, 3.63) is 63.8 Å². The van der Waals surface area contributed by atoms with E-state index >= 15 is 0 Å². The number of morpholine rings is 1. The number of nitrogens with zero attached hydrogens (tertiary/aromatic N) is 2. The Hall–Kier alpha value is -3.97. The number of benzene rings is 1. The fourth-order valence-corrected chi connectivity index (χ4v) is 7.07. The molecule has 1 aromatic carbocycles. The van der Waals surface area contributed by atoms with Gasteiger partial charge in [-0.15, -0.1) is 0 Å². The Bertz CT molecular complexity index is 1570. The van der Waals surface area contributed by atoms with E-state index in [4.69, 9.17) is 14.9 Å². The van der Waals surface area contributed by atoms with Crippen molar-refractivity contribution >= 4 is 17.5 Å². The zero-order chi connectivity index (χ0) is 30.1. The van der Waals surface area contributed by atoms with Gasteiger partial charge in [0.05, 0.1) is 31.4 Å². The van der Waals surface area contributed by atoms with Gasteiger partial charge < -0.3 is 35.3 Å². The third-order valence-electron chi connectivity index (χ3n) is 9.02. The maximum absolute atomic E-state index is 13.9. The monoisotopic (exact) mass is 579 g/mol. The molecule has 2 aromatic rings. The fraction of sp³-hybridized carbons (Fsp3) is 0.433. The standard InChI is InChI=1S/C30H33N3O9/c1-32(2)24-18-12-14-11-17-16(20-6-3-15(42-20)13-33-7-9-41-10-8-33)4-5-19(34)22(17)25(35)21(14)27(37)30(18,40)28(38)23(26(24)36)29(31)39/h3-6,14,18,24,34,36-37,40H,7-13H2,1-2H3,(H2,31,39)/t14-,18-,24-,30-/m0/s1. The highest BCUT2D eigenvalue weighted by atomic mass is 16.5. The van der Waals surface area contributed by atoms with Gasteiger partial charge in [-0.25, -0.2) is 0 Å². The number of aromatic hydroxyl groups is 1. The topological polar surface area (TPSA) is 187 Å². The van der Waals surface area contributed by atoms with E-state index in [9.17, 15) is 34.8 Å². The van der Waals surface area contributed by atoms with E-state index in [1.165, 1.54) is 11.0 Å². The Labute approximate surface area is 241 Å². The molecular formula is C30H33N3O9. The molecule has 3 aliphatic carbocycles. The lowest BCUT2D eigenvalue weighted by molar-refractivity contribution is -0.148. The maximum atomic E-state index is 13.9. The zero-order valence-electron chi connectivity index (χ0n) is 23.3. The van der Waals surface area contributed by atoms with Crippen LogP contribution in [0.15, 0.2) is 51.3 Å². The fourth-order valence-electron chi connectivity index (χ4n) is 7.07. The SMILES string of the molecule is CN(C)[C@@H]1C(O)=C(C(N)=O)C(=O)[C@@]2(O)C(O)=C3C(=O)c4c(O)ccc(-c5ccc(CN6CCOCC6)o5)c4C[C@H]3C[C@@H]12. The van der Waals surface area contributed by atoms with Crippen LogP contribution in [0.4, 0.5) is 0 Å². The number of hydrogen-bond donors (Lipinski definition) is 5. The summed E-state index contributed by atoms with van der Waals surface area (Å²) in [7, 11) is 3.18. The number of likely N-dealkylation sites (N-methyl/N-ethyl adjacent to an activating group) is 1. The minimum Gasteiger partial charge on any atom is -0.510 e. The summed E-state index contributed by atoms with van der Waals surface area (Å²) >= 11 is 0. The van der Waals surface area contributed by atoms with E-state index in [2.05, 4.69) is 4.90 Å². The third-order valence-corrected chi connectivity index (χ3v) is 9.02. The van der Waals surface area contributed by atoms with E-state index in [0.29, 0.717) is 36.6 Å². The van der Waals surface area contributed by atoms with Crippen LogP contribution < -0.4 is 5.73 Å². The van der Waals surface area contributed by atoms with Crippen LogP contribution in [0.3, 0.4) is 0 Å². The largest absolute Gasteiger partial charge is 0.510 e. The van der Waals surface area contributed by atoms with Gasteiger partial charge in [-0.3, -0.25) is 24.2 Å². The number of primary amides is 1. The van der Waals surface area contributed by atoms with Gasteiger partial charge in [-0.2, -0.15) is 0 Å². The summed E-state index contributed by atoms with van der Waals surface area (Å²) in [5.41, 5.74) is 2.74.